The molecule has 0 atom stereocenters. The van der Waals surface area contributed by atoms with Crippen molar-refractivity contribution in [3.8, 4) is 0 Å². The Morgan fingerprint density at radius 2 is 1.94 bits per heavy atom. The SMILES string of the molecule is Cc1nc(C(F)F)c(C=O)cc1C(F)(F)F. The number of hydrogen-bond donors (Lipinski definition) is 0. The molecule has 1 aromatic heterocycles. The van der Waals surface area contributed by atoms with Crippen molar-refractivity contribution in [3.63, 3.8) is 0 Å². The van der Waals surface area contributed by atoms with Gasteiger partial charge in [0.2, 0.25) is 0 Å². The molecule has 0 aliphatic rings. The highest BCUT2D eigenvalue weighted by Crippen LogP contribution is 2.33. The quantitative estimate of drug-likeness (QED) is 0.586. The highest BCUT2D eigenvalue weighted by Gasteiger charge is 2.34. The summed E-state index contributed by atoms with van der Waals surface area (Å²) in [5.74, 6) is 0. The molecule has 0 saturated heterocycles. The van der Waals surface area contributed by atoms with Crippen LogP contribution in [-0.4, -0.2) is 11.3 Å². The molecular weight excluding hydrogens is 233 g/mol. The molecule has 0 aliphatic heterocycles. The Bertz CT molecular complexity index is 413. The van der Waals surface area contributed by atoms with Gasteiger partial charge in [0.15, 0.2) is 6.29 Å². The Morgan fingerprint density at radius 1 is 1.38 bits per heavy atom. The second-order valence-corrected chi connectivity index (χ2v) is 3.01. The Morgan fingerprint density at radius 3 is 2.31 bits per heavy atom. The van der Waals surface area contributed by atoms with E-state index in [4.69, 9.17) is 0 Å². The number of halogens is 5. The van der Waals surface area contributed by atoms with Crippen molar-refractivity contribution in [1.29, 1.82) is 0 Å². The van der Waals surface area contributed by atoms with Crippen LogP contribution in [0.25, 0.3) is 0 Å². The highest BCUT2D eigenvalue weighted by atomic mass is 19.4. The fourth-order valence-electron chi connectivity index (χ4n) is 1.20. The zero-order valence-electron chi connectivity index (χ0n) is 7.98. The van der Waals surface area contributed by atoms with Crippen LogP contribution in [0.1, 0.15) is 33.7 Å². The zero-order chi connectivity index (χ0) is 12.5. The number of aryl methyl sites for hydroxylation is 1. The molecular formula is C9H6F5NO. The predicted molar refractivity (Wildman–Crippen MR) is 44.3 cm³/mol. The van der Waals surface area contributed by atoms with Crippen LogP contribution in [0.5, 0.6) is 0 Å². The lowest BCUT2D eigenvalue weighted by molar-refractivity contribution is -0.138. The standard InChI is InChI=1S/C9H6F5NO/c1-4-6(9(12,13)14)2-5(3-16)7(15-4)8(10)11/h2-3,8H,1H3. The second-order valence-electron chi connectivity index (χ2n) is 3.01. The molecule has 0 N–H and O–H groups in total. The summed E-state index contributed by atoms with van der Waals surface area (Å²) in [5, 5.41) is 0. The van der Waals surface area contributed by atoms with Crippen molar-refractivity contribution in [2.24, 2.45) is 0 Å². The summed E-state index contributed by atoms with van der Waals surface area (Å²) in [6, 6.07) is 0.386. The Balaban J connectivity index is 3.43. The number of nitrogens with zero attached hydrogens (tertiary/aromatic N) is 1. The Labute approximate surface area is 87.1 Å². The number of hydrogen-bond acceptors (Lipinski definition) is 2. The van der Waals surface area contributed by atoms with Crippen molar-refractivity contribution >= 4 is 6.29 Å². The van der Waals surface area contributed by atoms with E-state index in [1.807, 2.05) is 0 Å². The van der Waals surface area contributed by atoms with Crippen LogP contribution >= 0.6 is 0 Å². The molecule has 2 nitrogen and oxygen atoms in total. The van der Waals surface area contributed by atoms with E-state index in [0.29, 0.717) is 6.07 Å². The minimum absolute atomic E-state index is 0.0663. The van der Waals surface area contributed by atoms with Gasteiger partial charge in [-0.1, -0.05) is 0 Å². The normalized spacial score (nSPS) is 11.9. The predicted octanol–water partition coefficient (Wildman–Crippen LogP) is 3.16. The number of carbonyl (C=O) groups is 1. The lowest BCUT2D eigenvalue weighted by Gasteiger charge is -2.12. The smallest absolute Gasteiger partial charge is 0.298 e. The van der Waals surface area contributed by atoms with Gasteiger partial charge in [-0.25, -0.2) is 8.78 Å². The summed E-state index contributed by atoms with van der Waals surface area (Å²) in [4.78, 5) is 13.5. The topological polar surface area (TPSA) is 30.0 Å². The molecule has 0 spiro atoms. The molecule has 0 saturated carbocycles. The largest absolute Gasteiger partial charge is 0.418 e. The first kappa shape index (κ1) is 12.5. The molecule has 0 aliphatic carbocycles. The maximum absolute atomic E-state index is 12.4. The maximum atomic E-state index is 12.4. The van der Waals surface area contributed by atoms with Gasteiger partial charge in [0.25, 0.3) is 6.43 Å². The molecule has 7 heteroatoms. The summed E-state index contributed by atoms with van der Waals surface area (Å²) in [7, 11) is 0. The highest BCUT2D eigenvalue weighted by molar-refractivity contribution is 5.77. The minimum Gasteiger partial charge on any atom is -0.298 e. The minimum atomic E-state index is -4.71. The lowest BCUT2D eigenvalue weighted by Crippen LogP contribution is -2.12. The first-order chi connectivity index (χ1) is 7.27. The average molecular weight is 239 g/mol. The fourth-order valence-corrected chi connectivity index (χ4v) is 1.20. The number of carbonyl (C=O) groups excluding carboxylic acids is 1. The van der Waals surface area contributed by atoms with Crippen LogP contribution in [0.3, 0.4) is 0 Å². The summed E-state index contributed by atoms with van der Waals surface area (Å²) in [6.45, 7) is 0.962. The van der Waals surface area contributed by atoms with Crippen molar-refractivity contribution in [2.45, 2.75) is 19.5 Å². The van der Waals surface area contributed by atoms with Gasteiger partial charge in [-0.3, -0.25) is 9.78 Å². The van der Waals surface area contributed by atoms with E-state index in [-0.39, 0.29) is 6.29 Å². The van der Waals surface area contributed by atoms with Crippen molar-refractivity contribution in [3.05, 3.63) is 28.6 Å². The molecule has 0 fully saturated rings. The number of pyridine rings is 1. The molecule has 1 heterocycles. The molecule has 16 heavy (non-hydrogen) atoms. The average Bonchev–Trinajstić information content (AvgIpc) is 2.15. The molecule has 1 rings (SSSR count). The van der Waals surface area contributed by atoms with Crippen molar-refractivity contribution in [1.82, 2.24) is 4.98 Å². The third-order valence-corrected chi connectivity index (χ3v) is 1.91. The molecule has 0 aromatic carbocycles. The van der Waals surface area contributed by atoms with E-state index in [1.165, 1.54) is 0 Å². The maximum Gasteiger partial charge on any atom is 0.418 e. The number of rotatable bonds is 2. The van der Waals surface area contributed by atoms with E-state index in [9.17, 15) is 26.7 Å². The zero-order valence-corrected chi connectivity index (χ0v) is 7.98. The Kier molecular flexibility index (Phi) is 3.25. The van der Waals surface area contributed by atoms with Gasteiger partial charge in [-0.2, -0.15) is 13.2 Å². The third kappa shape index (κ3) is 2.34. The molecule has 0 unspecified atom stereocenters. The van der Waals surface area contributed by atoms with E-state index in [1.54, 1.807) is 0 Å². The summed E-state index contributed by atoms with van der Waals surface area (Å²) in [6.07, 6.45) is -7.86. The fraction of sp³-hybridized carbons (Fsp3) is 0.333. The molecule has 0 bridgehead atoms. The van der Waals surface area contributed by atoms with Crippen molar-refractivity contribution < 1.29 is 26.7 Å². The van der Waals surface area contributed by atoms with Gasteiger partial charge in [0.05, 0.1) is 11.3 Å². The first-order valence-electron chi connectivity index (χ1n) is 4.09. The molecule has 1 aromatic rings. The summed E-state index contributed by atoms with van der Waals surface area (Å²) < 4.78 is 61.7. The summed E-state index contributed by atoms with van der Waals surface area (Å²) >= 11 is 0. The first-order valence-corrected chi connectivity index (χ1v) is 4.09. The number of aldehydes is 1. The second kappa shape index (κ2) is 4.15. The van der Waals surface area contributed by atoms with Gasteiger partial charge < -0.3 is 0 Å². The van der Waals surface area contributed by atoms with Crippen LogP contribution in [0, 0.1) is 6.92 Å². The lowest BCUT2D eigenvalue weighted by atomic mass is 10.1. The molecule has 88 valence electrons. The van der Waals surface area contributed by atoms with E-state index in [0.717, 1.165) is 6.92 Å². The van der Waals surface area contributed by atoms with E-state index >= 15 is 0 Å². The third-order valence-electron chi connectivity index (χ3n) is 1.91. The van der Waals surface area contributed by atoms with Crippen molar-refractivity contribution in [2.75, 3.05) is 0 Å². The van der Waals surface area contributed by atoms with Gasteiger partial charge in [-0.15, -0.1) is 0 Å². The molecule has 0 amide bonds. The van der Waals surface area contributed by atoms with Crippen LogP contribution in [0.2, 0.25) is 0 Å². The summed E-state index contributed by atoms with van der Waals surface area (Å²) in [5.41, 5.74) is -3.43. The van der Waals surface area contributed by atoms with E-state index < -0.39 is 35.1 Å². The Hall–Kier alpha value is -1.53. The van der Waals surface area contributed by atoms with Crippen LogP contribution in [-0.2, 0) is 6.18 Å². The number of aromatic nitrogens is 1. The van der Waals surface area contributed by atoms with Crippen LogP contribution in [0.4, 0.5) is 22.0 Å². The van der Waals surface area contributed by atoms with Gasteiger partial charge >= 0.3 is 6.18 Å². The van der Waals surface area contributed by atoms with Crippen LogP contribution < -0.4 is 0 Å². The van der Waals surface area contributed by atoms with Crippen LogP contribution in [0.15, 0.2) is 6.07 Å². The molecule has 0 radical (unpaired) electrons. The van der Waals surface area contributed by atoms with Gasteiger partial charge in [0, 0.05) is 5.56 Å². The van der Waals surface area contributed by atoms with Gasteiger partial charge in [-0.05, 0) is 13.0 Å². The number of alkyl halides is 5. The monoisotopic (exact) mass is 239 g/mol. The van der Waals surface area contributed by atoms with Gasteiger partial charge in [0.1, 0.15) is 5.69 Å². The van der Waals surface area contributed by atoms with E-state index in [2.05, 4.69) is 4.98 Å².